The second-order valence-electron chi connectivity index (χ2n) is 8.23. The molecule has 1 aromatic heterocycles. The molecule has 5 rings (SSSR count). The summed E-state index contributed by atoms with van der Waals surface area (Å²) in [7, 11) is 0. The van der Waals surface area contributed by atoms with Crippen molar-refractivity contribution in [1.29, 1.82) is 0 Å². The van der Waals surface area contributed by atoms with Crippen molar-refractivity contribution in [3.63, 3.8) is 0 Å². The molecule has 7 nitrogen and oxygen atoms in total. The maximum atomic E-state index is 14.5. The first-order valence-electron chi connectivity index (χ1n) is 10.8. The van der Waals surface area contributed by atoms with E-state index in [-0.39, 0.29) is 47.8 Å². The van der Waals surface area contributed by atoms with Crippen LogP contribution in [-0.2, 0) is 16.0 Å². The van der Waals surface area contributed by atoms with Gasteiger partial charge in [0.1, 0.15) is 11.9 Å². The molecule has 2 aliphatic heterocycles. The van der Waals surface area contributed by atoms with Gasteiger partial charge in [-0.25, -0.2) is 4.39 Å². The Morgan fingerprint density at radius 3 is 2.71 bits per heavy atom. The lowest BCUT2D eigenvalue weighted by Crippen LogP contribution is -2.59. The Hall–Kier alpha value is -3.78. The fourth-order valence-corrected chi connectivity index (χ4v) is 4.50. The SMILES string of the molecule is O=C1Nc2ccc(-c3ccc(Cl)cc3F)cc2C(=O)N2CCN(C(=O)Cc3ccccn3)CC12. The van der Waals surface area contributed by atoms with E-state index < -0.39 is 11.9 Å². The number of hydrogen-bond acceptors (Lipinski definition) is 4. The van der Waals surface area contributed by atoms with Crippen LogP contribution in [0.25, 0.3) is 11.1 Å². The van der Waals surface area contributed by atoms with Crippen molar-refractivity contribution in [1.82, 2.24) is 14.8 Å². The lowest BCUT2D eigenvalue weighted by Gasteiger charge is -2.39. The summed E-state index contributed by atoms with van der Waals surface area (Å²) < 4.78 is 14.5. The van der Waals surface area contributed by atoms with Crippen molar-refractivity contribution in [3.8, 4) is 11.1 Å². The number of carbonyl (C=O) groups excluding carboxylic acids is 3. The highest BCUT2D eigenvalue weighted by atomic mass is 35.5. The second-order valence-corrected chi connectivity index (χ2v) is 8.66. The van der Waals surface area contributed by atoms with Gasteiger partial charge in [-0.3, -0.25) is 19.4 Å². The van der Waals surface area contributed by atoms with Gasteiger partial charge in [0.25, 0.3) is 5.91 Å². The third-order valence-corrected chi connectivity index (χ3v) is 6.34. The summed E-state index contributed by atoms with van der Waals surface area (Å²) in [6.45, 7) is 0.613. The smallest absolute Gasteiger partial charge is 0.256 e. The molecule has 3 amide bonds. The number of nitrogens with zero attached hydrogens (tertiary/aromatic N) is 3. The van der Waals surface area contributed by atoms with Crippen LogP contribution in [0.1, 0.15) is 16.1 Å². The highest BCUT2D eigenvalue weighted by Gasteiger charge is 2.40. The molecule has 1 atom stereocenters. The maximum Gasteiger partial charge on any atom is 0.256 e. The van der Waals surface area contributed by atoms with Crippen molar-refractivity contribution >= 4 is 35.0 Å². The monoisotopic (exact) mass is 478 g/mol. The predicted molar refractivity (Wildman–Crippen MR) is 125 cm³/mol. The Bertz CT molecular complexity index is 1300. The van der Waals surface area contributed by atoms with E-state index in [4.69, 9.17) is 11.6 Å². The molecule has 9 heteroatoms. The summed E-state index contributed by atoms with van der Waals surface area (Å²) in [5, 5.41) is 3.07. The van der Waals surface area contributed by atoms with Gasteiger partial charge in [0.2, 0.25) is 11.8 Å². The highest BCUT2D eigenvalue weighted by Crippen LogP contribution is 2.32. The van der Waals surface area contributed by atoms with Crippen LogP contribution in [-0.4, -0.2) is 58.2 Å². The van der Waals surface area contributed by atoms with Crippen LogP contribution in [0.4, 0.5) is 10.1 Å². The van der Waals surface area contributed by atoms with E-state index in [0.717, 1.165) is 0 Å². The number of benzene rings is 2. The topological polar surface area (TPSA) is 82.6 Å². The minimum Gasteiger partial charge on any atom is -0.338 e. The van der Waals surface area contributed by atoms with E-state index in [9.17, 15) is 18.8 Å². The van der Waals surface area contributed by atoms with Crippen LogP contribution >= 0.6 is 11.6 Å². The van der Waals surface area contributed by atoms with Gasteiger partial charge in [-0.2, -0.15) is 0 Å². The third kappa shape index (κ3) is 4.12. The number of carbonyl (C=O) groups is 3. The maximum absolute atomic E-state index is 14.5. The number of aromatic nitrogens is 1. The summed E-state index contributed by atoms with van der Waals surface area (Å²) in [4.78, 5) is 46.5. The van der Waals surface area contributed by atoms with E-state index in [1.54, 1.807) is 53.6 Å². The Kier molecular flexibility index (Phi) is 5.75. The molecule has 0 bridgehead atoms. The van der Waals surface area contributed by atoms with Crippen LogP contribution in [0.15, 0.2) is 60.8 Å². The first-order valence-corrected chi connectivity index (χ1v) is 11.2. The Labute approximate surface area is 200 Å². The number of anilines is 1. The molecule has 0 saturated carbocycles. The van der Waals surface area contributed by atoms with Crippen molar-refractivity contribution in [2.24, 2.45) is 0 Å². The number of hydrogen-bond donors (Lipinski definition) is 1. The van der Waals surface area contributed by atoms with Crippen molar-refractivity contribution in [3.05, 3.63) is 82.9 Å². The fourth-order valence-electron chi connectivity index (χ4n) is 4.34. The Balaban J connectivity index is 1.39. The van der Waals surface area contributed by atoms with Crippen molar-refractivity contribution < 1.29 is 18.8 Å². The molecule has 2 aromatic carbocycles. The molecule has 1 fully saturated rings. The molecule has 2 aliphatic rings. The van der Waals surface area contributed by atoms with Gasteiger partial charge < -0.3 is 15.1 Å². The van der Waals surface area contributed by atoms with E-state index >= 15 is 0 Å². The van der Waals surface area contributed by atoms with E-state index in [1.807, 2.05) is 6.07 Å². The predicted octanol–water partition coefficient (Wildman–Crippen LogP) is 3.39. The zero-order valence-corrected chi connectivity index (χ0v) is 18.8. The second kappa shape index (κ2) is 8.87. The normalized spacial score (nSPS) is 17.5. The molecule has 0 spiro atoms. The molecule has 34 heavy (non-hydrogen) atoms. The van der Waals surface area contributed by atoms with Crippen molar-refractivity contribution in [2.75, 3.05) is 25.0 Å². The molecule has 172 valence electrons. The molecule has 0 radical (unpaired) electrons. The van der Waals surface area contributed by atoms with Gasteiger partial charge >= 0.3 is 0 Å². The molecule has 1 saturated heterocycles. The summed E-state index contributed by atoms with van der Waals surface area (Å²) in [5.74, 6) is -1.37. The number of fused-ring (bicyclic) bond motifs is 2. The number of piperazine rings is 1. The summed E-state index contributed by atoms with van der Waals surface area (Å²) in [5.41, 5.74) is 2.07. The van der Waals surface area contributed by atoms with Crippen LogP contribution in [0.5, 0.6) is 0 Å². The van der Waals surface area contributed by atoms with Crippen LogP contribution in [0.3, 0.4) is 0 Å². The number of halogens is 2. The third-order valence-electron chi connectivity index (χ3n) is 6.11. The van der Waals surface area contributed by atoms with Crippen LogP contribution in [0.2, 0.25) is 5.02 Å². The molecular weight excluding hydrogens is 459 g/mol. The first-order chi connectivity index (χ1) is 16.4. The van der Waals surface area contributed by atoms with E-state index in [2.05, 4.69) is 10.3 Å². The zero-order chi connectivity index (χ0) is 23.8. The summed E-state index contributed by atoms with van der Waals surface area (Å²) in [6.07, 6.45) is 1.75. The van der Waals surface area contributed by atoms with Gasteiger partial charge in [0, 0.05) is 35.6 Å². The molecule has 0 aliphatic carbocycles. The quantitative estimate of drug-likeness (QED) is 0.625. The molecule has 1 N–H and O–H groups in total. The molecule has 1 unspecified atom stereocenters. The lowest BCUT2D eigenvalue weighted by molar-refractivity contribution is -0.135. The van der Waals surface area contributed by atoms with E-state index in [1.165, 1.54) is 11.0 Å². The lowest BCUT2D eigenvalue weighted by atomic mass is 10.0. The standard InChI is InChI=1S/C25H20ClFN4O3/c26-16-5-6-18(20(27)12-16)15-4-7-21-19(11-15)25(34)31-10-9-30(14-22(31)24(33)29-21)23(32)13-17-3-1-2-8-28-17/h1-8,11-12,22H,9-10,13-14H2,(H,29,33). The van der Waals surface area contributed by atoms with Gasteiger partial charge in [-0.05, 0) is 48.0 Å². The van der Waals surface area contributed by atoms with Crippen molar-refractivity contribution in [2.45, 2.75) is 12.5 Å². The average Bonchev–Trinajstić information content (AvgIpc) is 2.93. The van der Waals surface area contributed by atoms with Crippen LogP contribution in [0, 0.1) is 5.82 Å². The minimum absolute atomic E-state index is 0.0932. The first kappa shape index (κ1) is 22.0. The average molecular weight is 479 g/mol. The summed E-state index contributed by atoms with van der Waals surface area (Å²) in [6, 6.07) is 13.7. The molecule has 3 aromatic rings. The molecule has 3 heterocycles. The van der Waals surface area contributed by atoms with Gasteiger partial charge in [0.15, 0.2) is 0 Å². The van der Waals surface area contributed by atoms with Crippen LogP contribution < -0.4 is 5.32 Å². The van der Waals surface area contributed by atoms with E-state index in [0.29, 0.717) is 29.1 Å². The number of rotatable bonds is 3. The largest absolute Gasteiger partial charge is 0.338 e. The number of nitrogens with one attached hydrogen (secondary N) is 1. The van der Waals surface area contributed by atoms with Gasteiger partial charge in [-0.15, -0.1) is 0 Å². The Morgan fingerprint density at radius 2 is 1.94 bits per heavy atom. The zero-order valence-electron chi connectivity index (χ0n) is 18.0. The summed E-state index contributed by atoms with van der Waals surface area (Å²) >= 11 is 5.86. The van der Waals surface area contributed by atoms with Gasteiger partial charge in [-0.1, -0.05) is 23.7 Å². The Morgan fingerprint density at radius 1 is 1.09 bits per heavy atom. The molecular formula is C25H20ClFN4O3. The fraction of sp³-hybridized carbons (Fsp3) is 0.200. The van der Waals surface area contributed by atoms with Gasteiger partial charge in [0.05, 0.1) is 24.2 Å². The number of amides is 3. The highest BCUT2D eigenvalue weighted by molar-refractivity contribution is 6.30. The number of pyridine rings is 1. The minimum atomic E-state index is -0.822.